The Morgan fingerprint density at radius 3 is 2.74 bits per heavy atom. The molecule has 0 amide bonds. The maximum Gasteiger partial charge on any atom is 0.345 e. The van der Waals surface area contributed by atoms with Crippen LogP contribution in [0.1, 0.15) is 15.9 Å². The topological polar surface area (TPSA) is 81.5 Å². The number of nitrogens with one attached hydrogen (secondary N) is 1. The molecule has 0 spiro atoms. The van der Waals surface area contributed by atoms with E-state index in [2.05, 4.69) is 15.3 Å². The lowest BCUT2D eigenvalue weighted by Crippen LogP contribution is -2.10. The molecule has 0 aliphatic heterocycles. The van der Waals surface area contributed by atoms with Gasteiger partial charge in [0.25, 0.3) is 0 Å². The van der Waals surface area contributed by atoms with Crippen molar-refractivity contribution in [2.24, 2.45) is 5.10 Å². The number of rotatable bonds is 5. The molecule has 0 saturated heterocycles. The van der Waals surface area contributed by atoms with Gasteiger partial charge in [-0.05, 0) is 54.2 Å². The third-order valence-electron chi connectivity index (χ3n) is 3.41. The van der Waals surface area contributed by atoms with Crippen molar-refractivity contribution < 1.29 is 14.3 Å². The molecule has 0 saturated carbocycles. The summed E-state index contributed by atoms with van der Waals surface area (Å²) in [4.78, 5) is 12.4. The number of H-pyrrole nitrogens is 1. The Bertz CT molecular complexity index is 1080. The number of nitrogens with zero attached hydrogens (tertiary/aromatic N) is 3. The first kappa shape index (κ1) is 19.1. The monoisotopic (exact) mass is 422 g/mol. The number of hydrogen-bond acceptors (Lipinski definition) is 6. The first-order valence-electron chi connectivity index (χ1n) is 7.49. The van der Waals surface area contributed by atoms with Crippen LogP contribution in [0.25, 0.3) is 0 Å². The van der Waals surface area contributed by atoms with Gasteiger partial charge < -0.3 is 9.47 Å². The van der Waals surface area contributed by atoms with E-state index in [0.717, 1.165) is 0 Å². The molecule has 1 N–H and O–H groups in total. The molecule has 0 atom stereocenters. The van der Waals surface area contributed by atoms with Crippen LogP contribution in [0.5, 0.6) is 11.5 Å². The van der Waals surface area contributed by atoms with Crippen LogP contribution in [0.15, 0.2) is 47.8 Å². The van der Waals surface area contributed by atoms with E-state index < -0.39 is 5.97 Å². The van der Waals surface area contributed by atoms with Gasteiger partial charge in [0.15, 0.2) is 11.5 Å². The third-order valence-corrected chi connectivity index (χ3v) is 4.23. The minimum absolute atomic E-state index is 0.197. The summed E-state index contributed by atoms with van der Waals surface area (Å²) in [6, 6.07) is 9.49. The van der Waals surface area contributed by atoms with E-state index in [9.17, 15) is 4.79 Å². The van der Waals surface area contributed by atoms with Crippen LogP contribution in [-0.2, 0) is 0 Å². The summed E-state index contributed by atoms with van der Waals surface area (Å²) in [6.45, 7) is 0. The Morgan fingerprint density at radius 1 is 1.26 bits per heavy atom. The fourth-order valence-electron chi connectivity index (χ4n) is 2.11. The maximum absolute atomic E-state index is 12.4. The van der Waals surface area contributed by atoms with E-state index in [1.165, 1.54) is 30.2 Å². The average Bonchev–Trinajstić information content (AvgIpc) is 3.05. The summed E-state index contributed by atoms with van der Waals surface area (Å²) in [5, 5.41) is 11.2. The van der Waals surface area contributed by atoms with E-state index in [1.807, 2.05) is 0 Å². The first-order valence-corrected chi connectivity index (χ1v) is 8.66. The predicted molar refractivity (Wildman–Crippen MR) is 105 cm³/mol. The van der Waals surface area contributed by atoms with Crippen molar-refractivity contribution in [2.75, 3.05) is 7.11 Å². The van der Waals surface area contributed by atoms with E-state index in [4.69, 9.17) is 44.9 Å². The minimum atomic E-state index is -0.624. The van der Waals surface area contributed by atoms with Gasteiger partial charge in [-0.15, -0.1) is 0 Å². The highest BCUT2D eigenvalue weighted by molar-refractivity contribution is 7.71. The zero-order valence-corrected chi connectivity index (χ0v) is 16.2. The third kappa shape index (κ3) is 4.54. The normalized spacial score (nSPS) is 10.9. The van der Waals surface area contributed by atoms with Gasteiger partial charge in [0, 0.05) is 5.02 Å². The molecule has 1 aromatic heterocycles. The molecule has 1 heterocycles. The van der Waals surface area contributed by atoms with Gasteiger partial charge >= 0.3 is 5.97 Å². The summed E-state index contributed by atoms with van der Waals surface area (Å²) >= 11 is 16.9. The van der Waals surface area contributed by atoms with Gasteiger partial charge in [-0.2, -0.15) is 14.9 Å². The molecular weight excluding hydrogens is 411 g/mol. The molecule has 27 heavy (non-hydrogen) atoms. The molecule has 0 radical (unpaired) electrons. The number of methoxy groups -OCH3 is 1. The van der Waals surface area contributed by atoms with Crippen LogP contribution in [0, 0.1) is 4.77 Å². The first-order chi connectivity index (χ1) is 13.0. The summed E-state index contributed by atoms with van der Waals surface area (Å²) in [7, 11) is 1.47. The zero-order chi connectivity index (χ0) is 19.4. The number of hydrogen-bond donors (Lipinski definition) is 1. The molecule has 0 bridgehead atoms. The van der Waals surface area contributed by atoms with Crippen LogP contribution in [0.2, 0.25) is 10.0 Å². The SMILES string of the molecule is COc1cc(/C=N/n2cn[nH]c2=S)ccc1OC(=O)c1ccc(Cl)cc1Cl. The van der Waals surface area contributed by atoms with E-state index in [-0.39, 0.29) is 16.3 Å². The Labute approximate surface area is 169 Å². The molecular formula is C17H12Cl2N4O3S. The fourth-order valence-corrected chi connectivity index (χ4v) is 2.74. The highest BCUT2D eigenvalue weighted by Gasteiger charge is 2.16. The van der Waals surface area contributed by atoms with Gasteiger partial charge in [0.1, 0.15) is 6.33 Å². The lowest BCUT2D eigenvalue weighted by Gasteiger charge is -2.10. The number of aromatic nitrogens is 3. The summed E-state index contributed by atoms with van der Waals surface area (Å²) < 4.78 is 12.5. The van der Waals surface area contributed by atoms with Gasteiger partial charge in [0.05, 0.1) is 23.9 Å². The standard InChI is InChI=1S/C17H12Cl2N4O3S/c1-25-15-6-10(8-21-23-9-20-22-17(23)27)2-5-14(15)26-16(24)12-4-3-11(18)7-13(12)19/h2-9H,1H3,(H,22,27)/b21-8+. The second-order valence-corrected chi connectivity index (χ2v) is 6.40. The van der Waals surface area contributed by atoms with Crippen LogP contribution in [-0.4, -0.2) is 34.2 Å². The molecule has 3 rings (SSSR count). The zero-order valence-electron chi connectivity index (χ0n) is 13.8. The molecule has 7 nitrogen and oxygen atoms in total. The smallest absolute Gasteiger partial charge is 0.345 e. The van der Waals surface area contributed by atoms with E-state index in [0.29, 0.717) is 21.1 Å². The lowest BCUT2D eigenvalue weighted by atomic mass is 10.2. The van der Waals surface area contributed by atoms with Crippen molar-refractivity contribution in [3.8, 4) is 11.5 Å². The van der Waals surface area contributed by atoms with Crippen LogP contribution in [0.3, 0.4) is 0 Å². The maximum atomic E-state index is 12.4. The Hall–Kier alpha value is -2.68. The van der Waals surface area contributed by atoms with Gasteiger partial charge in [-0.3, -0.25) is 5.10 Å². The van der Waals surface area contributed by atoms with Gasteiger partial charge in [0.2, 0.25) is 4.77 Å². The highest BCUT2D eigenvalue weighted by Crippen LogP contribution is 2.29. The predicted octanol–water partition coefficient (Wildman–Crippen LogP) is 4.36. The van der Waals surface area contributed by atoms with Crippen LogP contribution < -0.4 is 9.47 Å². The fraction of sp³-hybridized carbons (Fsp3) is 0.0588. The molecule has 0 aliphatic carbocycles. The number of aromatic amines is 1. The highest BCUT2D eigenvalue weighted by atomic mass is 35.5. The van der Waals surface area contributed by atoms with Gasteiger partial charge in [-0.25, -0.2) is 4.79 Å². The minimum Gasteiger partial charge on any atom is -0.493 e. The number of esters is 1. The van der Waals surface area contributed by atoms with Crippen molar-refractivity contribution in [3.05, 3.63) is 68.7 Å². The Kier molecular flexibility index (Phi) is 5.90. The number of carbonyl (C=O) groups is 1. The van der Waals surface area contributed by atoms with Crippen molar-refractivity contribution in [1.82, 2.24) is 14.9 Å². The molecule has 10 heteroatoms. The molecule has 2 aromatic carbocycles. The van der Waals surface area contributed by atoms with Gasteiger partial charge in [-0.1, -0.05) is 23.2 Å². The van der Waals surface area contributed by atoms with Crippen LogP contribution in [0.4, 0.5) is 0 Å². The van der Waals surface area contributed by atoms with E-state index >= 15 is 0 Å². The van der Waals surface area contributed by atoms with Crippen molar-refractivity contribution in [1.29, 1.82) is 0 Å². The largest absolute Gasteiger partial charge is 0.493 e. The molecule has 3 aromatic rings. The number of benzene rings is 2. The molecule has 0 unspecified atom stereocenters. The van der Waals surface area contributed by atoms with Crippen molar-refractivity contribution in [3.63, 3.8) is 0 Å². The average molecular weight is 423 g/mol. The van der Waals surface area contributed by atoms with Crippen molar-refractivity contribution in [2.45, 2.75) is 0 Å². The molecule has 0 aliphatic rings. The van der Waals surface area contributed by atoms with E-state index in [1.54, 1.807) is 30.5 Å². The summed E-state index contributed by atoms with van der Waals surface area (Å²) in [6.07, 6.45) is 3.01. The van der Waals surface area contributed by atoms with Crippen LogP contribution >= 0.6 is 35.4 Å². The molecule has 138 valence electrons. The quantitative estimate of drug-likeness (QED) is 0.286. The Balaban J connectivity index is 1.82. The van der Waals surface area contributed by atoms with Crippen molar-refractivity contribution >= 4 is 47.6 Å². The Morgan fingerprint density at radius 2 is 2.07 bits per heavy atom. The lowest BCUT2D eigenvalue weighted by molar-refractivity contribution is 0.0730. The number of carbonyl (C=O) groups excluding carboxylic acids is 1. The second kappa shape index (κ2) is 8.34. The second-order valence-electron chi connectivity index (χ2n) is 5.17. The summed E-state index contributed by atoms with van der Waals surface area (Å²) in [5.74, 6) is -0.0279. The molecule has 0 fully saturated rings. The number of ether oxygens (including phenoxy) is 2. The number of halogens is 2. The summed E-state index contributed by atoms with van der Waals surface area (Å²) in [5.41, 5.74) is 0.905.